The zero-order valence-electron chi connectivity index (χ0n) is 15.6. The number of hydrogen-bond donors (Lipinski definition) is 0. The van der Waals surface area contributed by atoms with Crippen LogP contribution in [-0.4, -0.2) is 20.6 Å². The van der Waals surface area contributed by atoms with Crippen LogP contribution in [0.4, 0.5) is 0 Å². The van der Waals surface area contributed by atoms with Crippen molar-refractivity contribution < 1.29 is 4.74 Å². The second-order valence-corrected chi connectivity index (χ2v) is 6.58. The standard InChI is InChI=1S/C22H21N3O2/c1-4-27-18-8-6-17(7-9-18)19-14-24-11-12-25(22(26)21(24)23-19)20-10-5-15(2)13-16(20)3/h5-14H,4H2,1-3H3. The largest absolute Gasteiger partial charge is 0.494 e. The van der Waals surface area contributed by atoms with Crippen LogP contribution in [0.5, 0.6) is 5.75 Å². The van der Waals surface area contributed by atoms with Gasteiger partial charge in [0.15, 0.2) is 0 Å². The smallest absolute Gasteiger partial charge is 0.298 e. The molecule has 0 aliphatic heterocycles. The zero-order chi connectivity index (χ0) is 19.0. The fourth-order valence-electron chi connectivity index (χ4n) is 3.27. The Hall–Kier alpha value is -3.34. The van der Waals surface area contributed by atoms with Gasteiger partial charge in [-0.3, -0.25) is 9.36 Å². The van der Waals surface area contributed by atoms with E-state index in [1.807, 2.05) is 69.6 Å². The molecule has 0 saturated carbocycles. The van der Waals surface area contributed by atoms with E-state index in [1.54, 1.807) is 15.2 Å². The molecule has 4 aromatic rings. The van der Waals surface area contributed by atoms with Crippen LogP contribution in [0.15, 0.2) is 65.8 Å². The molecule has 136 valence electrons. The first-order valence-electron chi connectivity index (χ1n) is 8.98. The molecular weight excluding hydrogens is 338 g/mol. The predicted molar refractivity (Wildman–Crippen MR) is 107 cm³/mol. The number of ether oxygens (including phenoxy) is 1. The van der Waals surface area contributed by atoms with Crippen molar-refractivity contribution in [3.8, 4) is 22.7 Å². The molecule has 0 radical (unpaired) electrons. The highest BCUT2D eigenvalue weighted by Gasteiger charge is 2.11. The highest BCUT2D eigenvalue weighted by atomic mass is 16.5. The molecule has 0 bridgehead atoms. The monoisotopic (exact) mass is 359 g/mol. The van der Waals surface area contributed by atoms with Crippen molar-refractivity contribution in [3.05, 3.63) is 82.5 Å². The van der Waals surface area contributed by atoms with E-state index in [0.29, 0.717) is 12.3 Å². The van der Waals surface area contributed by atoms with Gasteiger partial charge in [0.2, 0.25) is 5.65 Å². The molecule has 0 amide bonds. The Bertz CT molecular complexity index is 1170. The summed E-state index contributed by atoms with van der Waals surface area (Å²) in [4.78, 5) is 17.6. The Labute approximate surface area is 157 Å². The van der Waals surface area contributed by atoms with Gasteiger partial charge in [-0.05, 0) is 56.7 Å². The summed E-state index contributed by atoms with van der Waals surface area (Å²) in [7, 11) is 0. The fraction of sp³-hybridized carbons (Fsp3) is 0.182. The van der Waals surface area contributed by atoms with E-state index >= 15 is 0 Å². The van der Waals surface area contributed by atoms with Gasteiger partial charge in [0, 0.05) is 24.2 Å². The molecule has 0 fully saturated rings. The van der Waals surface area contributed by atoms with Crippen LogP contribution in [-0.2, 0) is 0 Å². The molecule has 0 unspecified atom stereocenters. The van der Waals surface area contributed by atoms with E-state index in [0.717, 1.165) is 28.3 Å². The van der Waals surface area contributed by atoms with Gasteiger partial charge in [0.05, 0.1) is 18.0 Å². The van der Waals surface area contributed by atoms with Gasteiger partial charge in [0.25, 0.3) is 5.56 Å². The maximum Gasteiger partial charge on any atom is 0.298 e. The summed E-state index contributed by atoms with van der Waals surface area (Å²) in [6.07, 6.45) is 5.52. The third-order valence-electron chi connectivity index (χ3n) is 4.59. The van der Waals surface area contributed by atoms with Crippen molar-refractivity contribution in [2.75, 3.05) is 6.61 Å². The molecule has 2 heterocycles. The van der Waals surface area contributed by atoms with E-state index < -0.39 is 0 Å². The summed E-state index contributed by atoms with van der Waals surface area (Å²) in [6.45, 7) is 6.64. The molecular formula is C22H21N3O2. The Morgan fingerprint density at radius 3 is 2.52 bits per heavy atom. The van der Waals surface area contributed by atoms with Gasteiger partial charge in [-0.15, -0.1) is 0 Å². The number of nitrogens with zero attached hydrogens (tertiary/aromatic N) is 3. The maximum absolute atomic E-state index is 13.0. The quantitative estimate of drug-likeness (QED) is 0.549. The van der Waals surface area contributed by atoms with Crippen LogP contribution >= 0.6 is 0 Å². The van der Waals surface area contributed by atoms with Crippen LogP contribution < -0.4 is 10.3 Å². The molecule has 2 aromatic heterocycles. The maximum atomic E-state index is 13.0. The van der Waals surface area contributed by atoms with Crippen molar-refractivity contribution in [2.24, 2.45) is 0 Å². The molecule has 2 aromatic carbocycles. The van der Waals surface area contributed by atoms with Gasteiger partial charge < -0.3 is 9.14 Å². The minimum Gasteiger partial charge on any atom is -0.494 e. The second-order valence-electron chi connectivity index (χ2n) is 6.58. The molecule has 4 rings (SSSR count). The van der Waals surface area contributed by atoms with Crippen molar-refractivity contribution in [1.82, 2.24) is 14.0 Å². The SMILES string of the molecule is CCOc1ccc(-c2cn3ccn(-c4ccc(C)cc4C)c(=O)c3n2)cc1. The number of hydrogen-bond acceptors (Lipinski definition) is 3. The molecule has 5 heteroatoms. The number of rotatable bonds is 4. The van der Waals surface area contributed by atoms with Gasteiger partial charge >= 0.3 is 0 Å². The second kappa shape index (κ2) is 6.76. The van der Waals surface area contributed by atoms with E-state index in [1.165, 1.54) is 5.56 Å². The van der Waals surface area contributed by atoms with Crippen molar-refractivity contribution in [3.63, 3.8) is 0 Å². The third-order valence-corrected chi connectivity index (χ3v) is 4.59. The van der Waals surface area contributed by atoms with E-state index in [9.17, 15) is 4.79 Å². The van der Waals surface area contributed by atoms with Crippen LogP contribution in [0.1, 0.15) is 18.1 Å². The number of aromatic nitrogens is 3. The van der Waals surface area contributed by atoms with Gasteiger partial charge in [-0.1, -0.05) is 17.7 Å². The summed E-state index contributed by atoms with van der Waals surface area (Å²) < 4.78 is 8.90. The number of aryl methyl sites for hydroxylation is 2. The Balaban J connectivity index is 1.79. The minimum atomic E-state index is -0.137. The predicted octanol–water partition coefficient (Wildman–Crippen LogP) is 4.17. The Kier molecular flexibility index (Phi) is 4.28. The lowest BCUT2D eigenvalue weighted by molar-refractivity contribution is 0.340. The molecule has 5 nitrogen and oxygen atoms in total. The van der Waals surface area contributed by atoms with Gasteiger partial charge in [-0.2, -0.15) is 0 Å². The summed E-state index contributed by atoms with van der Waals surface area (Å²) >= 11 is 0. The van der Waals surface area contributed by atoms with E-state index in [4.69, 9.17) is 4.74 Å². The molecule has 0 spiro atoms. The van der Waals surface area contributed by atoms with Crippen molar-refractivity contribution >= 4 is 5.65 Å². The zero-order valence-corrected chi connectivity index (χ0v) is 15.6. The number of fused-ring (bicyclic) bond motifs is 1. The highest BCUT2D eigenvalue weighted by Crippen LogP contribution is 2.22. The fourth-order valence-corrected chi connectivity index (χ4v) is 3.27. The lowest BCUT2D eigenvalue weighted by Crippen LogP contribution is -2.20. The van der Waals surface area contributed by atoms with E-state index in [-0.39, 0.29) is 5.56 Å². The van der Waals surface area contributed by atoms with Crippen LogP contribution in [0, 0.1) is 13.8 Å². The molecule has 27 heavy (non-hydrogen) atoms. The molecule has 0 aliphatic rings. The first-order valence-corrected chi connectivity index (χ1v) is 8.98. The molecule has 0 aliphatic carbocycles. The Morgan fingerprint density at radius 2 is 1.81 bits per heavy atom. The van der Waals surface area contributed by atoms with Crippen LogP contribution in [0.3, 0.4) is 0 Å². The third kappa shape index (κ3) is 3.12. The minimum absolute atomic E-state index is 0.137. The summed E-state index contributed by atoms with van der Waals surface area (Å²) in [5, 5.41) is 0. The van der Waals surface area contributed by atoms with Gasteiger partial charge in [-0.25, -0.2) is 4.98 Å². The van der Waals surface area contributed by atoms with Crippen LogP contribution in [0.2, 0.25) is 0 Å². The normalized spacial score (nSPS) is 11.1. The summed E-state index contributed by atoms with van der Waals surface area (Å²) in [5.41, 5.74) is 5.07. The van der Waals surface area contributed by atoms with Crippen molar-refractivity contribution in [1.29, 1.82) is 0 Å². The molecule has 0 saturated heterocycles. The summed E-state index contributed by atoms with van der Waals surface area (Å²) in [6, 6.07) is 13.8. The molecule has 0 atom stereocenters. The number of imidazole rings is 1. The summed E-state index contributed by atoms with van der Waals surface area (Å²) in [5.74, 6) is 0.821. The lowest BCUT2D eigenvalue weighted by Gasteiger charge is -2.09. The Morgan fingerprint density at radius 1 is 1.04 bits per heavy atom. The van der Waals surface area contributed by atoms with Gasteiger partial charge in [0.1, 0.15) is 5.75 Å². The lowest BCUT2D eigenvalue weighted by atomic mass is 10.1. The first kappa shape index (κ1) is 17.1. The highest BCUT2D eigenvalue weighted by molar-refractivity contribution is 5.63. The molecule has 0 N–H and O–H groups in total. The van der Waals surface area contributed by atoms with Crippen LogP contribution in [0.25, 0.3) is 22.6 Å². The first-order chi connectivity index (χ1) is 13.1. The number of benzene rings is 2. The van der Waals surface area contributed by atoms with Crippen molar-refractivity contribution in [2.45, 2.75) is 20.8 Å². The average Bonchev–Trinajstić information content (AvgIpc) is 3.09. The average molecular weight is 359 g/mol. The topological polar surface area (TPSA) is 48.5 Å². The van der Waals surface area contributed by atoms with E-state index in [2.05, 4.69) is 11.1 Å².